The number of nitrogens with zero attached hydrogens (tertiary/aromatic N) is 2. The van der Waals surface area contributed by atoms with E-state index in [1.54, 1.807) is 29.6 Å². The maximum absolute atomic E-state index is 12.9. The molecule has 0 saturated carbocycles. The number of hydrogen-bond donors (Lipinski definition) is 2. The van der Waals surface area contributed by atoms with E-state index in [9.17, 15) is 14.4 Å². The van der Waals surface area contributed by atoms with Crippen LogP contribution >= 0.6 is 22.9 Å². The summed E-state index contributed by atoms with van der Waals surface area (Å²) in [7, 11) is 1.53. The molecule has 0 spiro atoms. The summed E-state index contributed by atoms with van der Waals surface area (Å²) >= 11 is 7.14. The minimum Gasteiger partial charge on any atom is -0.383 e. The summed E-state index contributed by atoms with van der Waals surface area (Å²) < 4.78 is 5.09. The molecule has 3 amide bonds. The van der Waals surface area contributed by atoms with Crippen molar-refractivity contribution in [2.45, 2.75) is 32.2 Å². The number of aromatic nitrogens is 1. The molecule has 10 heteroatoms. The van der Waals surface area contributed by atoms with Gasteiger partial charge in [0.15, 0.2) is 5.13 Å². The van der Waals surface area contributed by atoms with E-state index >= 15 is 0 Å². The average Bonchev–Trinajstić information content (AvgIpc) is 3.32. The molecule has 0 saturated heterocycles. The first-order valence-corrected chi connectivity index (χ1v) is 13.2. The van der Waals surface area contributed by atoms with Crippen LogP contribution in [0.15, 0.2) is 60.0 Å². The third-order valence-electron chi connectivity index (χ3n) is 5.53. The number of methoxy groups -OCH3 is 1. The standard InChI is InChI=1S/C27H31ClN4O4S/c1-19(8-9-20-6-4-3-5-7-20)29-24(33)16-23-18-37-27(30-23)31-25(34)17-32(14-15-36-2)26(35)21-10-12-22(28)13-11-21/h3-7,10-13,18-19H,8-9,14-17H2,1-2H3,(H,29,33)(H,30,31,34). The predicted molar refractivity (Wildman–Crippen MR) is 146 cm³/mol. The highest BCUT2D eigenvalue weighted by molar-refractivity contribution is 7.13. The van der Waals surface area contributed by atoms with Gasteiger partial charge in [-0.15, -0.1) is 11.3 Å². The number of amides is 3. The van der Waals surface area contributed by atoms with Gasteiger partial charge in [-0.1, -0.05) is 41.9 Å². The van der Waals surface area contributed by atoms with E-state index in [1.807, 2.05) is 25.1 Å². The van der Waals surface area contributed by atoms with E-state index in [0.29, 0.717) is 21.4 Å². The van der Waals surface area contributed by atoms with Crippen LogP contribution < -0.4 is 10.6 Å². The number of anilines is 1. The molecule has 0 bridgehead atoms. The maximum Gasteiger partial charge on any atom is 0.254 e. The van der Waals surface area contributed by atoms with Crippen molar-refractivity contribution in [1.29, 1.82) is 0 Å². The Balaban J connectivity index is 1.48. The normalized spacial score (nSPS) is 11.5. The van der Waals surface area contributed by atoms with Gasteiger partial charge in [0, 0.05) is 35.7 Å². The van der Waals surface area contributed by atoms with Gasteiger partial charge in [0.1, 0.15) is 6.54 Å². The Bertz CT molecular complexity index is 1170. The SMILES string of the molecule is COCCN(CC(=O)Nc1nc(CC(=O)NC(C)CCc2ccccc2)cs1)C(=O)c1ccc(Cl)cc1. The van der Waals surface area contributed by atoms with Crippen molar-refractivity contribution in [3.63, 3.8) is 0 Å². The fraction of sp³-hybridized carbons (Fsp3) is 0.333. The lowest BCUT2D eigenvalue weighted by atomic mass is 10.1. The van der Waals surface area contributed by atoms with Crippen molar-refractivity contribution in [1.82, 2.24) is 15.2 Å². The minimum atomic E-state index is -0.390. The summed E-state index contributed by atoms with van der Waals surface area (Å²) in [6, 6.07) is 16.7. The molecule has 2 aromatic carbocycles. The number of ether oxygens (including phenoxy) is 1. The van der Waals surface area contributed by atoms with Crippen molar-refractivity contribution in [2.75, 3.05) is 32.1 Å². The molecule has 3 rings (SSSR count). The molecule has 8 nitrogen and oxygen atoms in total. The monoisotopic (exact) mass is 542 g/mol. The number of rotatable bonds is 13. The second kappa shape index (κ2) is 14.5. The number of aryl methyl sites for hydroxylation is 1. The topological polar surface area (TPSA) is 101 Å². The second-order valence-corrected chi connectivity index (χ2v) is 9.88. The van der Waals surface area contributed by atoms with Crippen LogP contribution in [-0.2, 0) is 27.2 Å². The molecule has 1 atom stereocenters. The molecule has 0 aliphatic carbocycles. The van der Waals surface area contributed by atoms with Gasteiger partial charge in [-0.05, 0) is 49.6 Å². The predicted octanol–water partition coefficient (Wildman–Crippen LogP) is 4.20. The molecule has 196 valence electrons. The Hall–Kier alpha value is -3.27. The molecular weight excluding hydrogens is 512 g/mol. The van der Waals surface area contributed by atoms with E-state index in [2.05, 4.69) is 27.8 Å². The molecule has 1 unspecified atom stereocenters. The van der Waals surface area contributed by atoms with Crippen LogP contribution in [0.2, 0.25) is 5.02 Å². The number of benzene rings is 2. The van der Waals surface area contributed by atoms with Crippen molar-refractivity contribution in [2.24, 2.45) is 0 Å². The summed E-state index contributed by atoms with van der Waals surface area (Å²) in [5.41, 5.74) is 2.23. The lowest BCUT2D eigenvalue weighted by Gasteiger charge is -2.21. The Morgan fingerprint density at radius 2 is 1.81 bits per heavy atom. The molecule has 0 fully saturated rings. The van der Waals surface area contributed by atoms with E-state index < -0.39 is 5.91 Å². The van der Waals surface area contributed by atoms with Crippen LogP contribution in [0.3, 0.4) is 0 Å². The fourth-order valence-corrected chi connectivity index (χ4v) is 4.45. The number of thiazole rings is 1. The summed E-state index contributed by atoms with van der Waals surface area (Å²) in [6.45, 7) is 2.34. The molecule has 37 heavy (non-hydrogen) atoms. The maximum atomic E-state index is 12.9. The average molecular weight is 543 g/mol. The number of nitrogens with one attached hydrogen (secondary N) is 2. The highest BCUT2D eigenvalue weighted by Gasteiger charge is 2.20. The Morgan fingerprint density at radius 3 is 2.51 bits per heavy atom. The molecule has 0 aliphatic heterocycles. The third-order valence-corrected chi connectivity index (χ3v) is 6.59. The second-order valence-electron chi connectivity index (χ2n) is 8.59. The number of carbonyl (C=O) groups excluding carboxylic acids is 3. The van der Waals surface area contributed by atoms with Crippen LogP contribution in [0.4, 0.5) is 5.13 Å². The largest absolute Gasteiger partial charge is 0.383 e. The minimum absolute atomic E-state index is 0.0294. The van der Waals surface area contributed by atoms with Crippen molar-refractivity contribution >= 4 is 45.8 Å². The van der Waals surface area contributed by atoms with Gasteiger partial charge < -0.3 is 20.3 Å². The zero-order valence-electron chi connectivity index (χ0n) is 20.9. The number of carbonyl (C=O) groups is 3. The van der Waals surface area contributed by atoms with Gasteiger partial charge in [-0.3, -0.25) is 14.4 Å². The Kier molecular flexibility index (Phi) is 11.1. The zero-order valence-corrected chi connectivity index (χ0v) is 22.5. The lowest BCUT2D eigenvalue weighted by molar-refractivity contribution is -0.121. The van der Waals surface area contributed by atoms with Crippen LogP contribution in [-0.4, -0.2) is 60.5 Å². The molecule has 2 N–H and O–H groups in total. The molecule has 1 heterocycles. The first-order chi connectivity index (χ1) is 17.8. The van der Waals surface area contributed by atoms with Crippen LogP contribution in [0.5, 0.6) is 0 Å². The van der Waals surface area contributed by atoms with Gasteiger partial charge in [-0.2, -0.15) is 0 Å². The Labute approximate surface area is 226 Å². The smallest absolute Gasteiger partial charge is 0.254 e. The van der Waals surface area contributed by atoms with E-state index in [1.165, 1.54) is 28.9 Å². The number of halogens is 1. The summed E-state index contributed by atoms with van der Waals surface area (Å²) in [5, 5.41) is 8.35. The van der Waals surface area contributed by atoms with Crippen LogP contribution in [0.25, 0.3) is 0 Å². The van der Waals surface area contributed by atoms with E-state index in [4.69, 9.17) is 16.3 Å². The van der Waals surface area contributed by atoms with Crippen molar-refractivity contribution < 1.29 is 19.1 Å². The van der Waals surface area contributed by atoms with Gasteiger partial charge in [0.25, 0.3) is 5.91 Å². The van der Waals surface area contributed by atoms with E-state index in [-0.39, 0.29) is 44.0 Å². The van der Waals surface area contributed by atoms with Gasteiger partial charge in [-0.25, -0.2) is 4.98 Å². The summed E-state index contributed by atoms with van der Waals surface area (Å²) in [6.07, 6.45) is 1.84. The Morgan fingerprint density at radius 1 is 1.08 bits per heavy atom. The molecule has 0 aliphatic rings. The highest BCUT2D eigenvalue weighted by atomic mass is 35.5. The van der Waals surface area contributed by atoms with Gasteiger partial charge in [0.2, 0.25) is 11.8 Å². The first kappa shape index (κ1) is 28.3. The van der Waals surface area contributed by atoms with Crippen molar-refractivity contribution in [3.05, 3.63) is 81.8 Å². The molecular formula is C27H31ClN4O4S. The quantitative estimate of drug-likeness (QED) is 0.337. The molecule has 1 aromatic heterocycles. The molecule has 3 aromatic rings. The van der Waals surface area contributed by atoms with E-state index in [0.717, 1.165) is 12.8 Å². The zero-order chi connectivity index (χ0) is 26.6. The summed E-state index contributed by atoms with van der Waals surface area (Å²) in [5.74, 6) is -0.817. The summed E-state index contributed by atoms with van der Waals surface area (Å²) in [4.78, 5) is 43.7. The fourth-order valence-electron chi connectivity index (χ4n) is 3.60. The highest BCUT2D eigenvalue weighted by Crippen LogP contribution is 2.17. The van der Waals surface area contributed by atoms with Crippen LogP contribution in [0.1, 0.15) is 35.0 Å². The van der Waals surface area contributed by atoms with Crippen molar-refractivity contribution in [3.8, 4) is 0 Å². The van der Waals surface area contributed by atoms with Gasteiger partial charge >= 0.3 is 0 Å². The molecule has 0 radical (unpaired) electrons. The van der Waals surface area contributed by atoms with Crippen LogP contribution in [0, 0.1) is 0 Å². The lowest BCUT2D eigenvalue weighted by Crippen LogP contribution is -2.40. The van der Waals surface area contributed by atoms with Gasteiger partial charge in [0.05, 0.1) is 18.7 Å². The third kappa shape index (κ3) is 9.60. The number of hydrogen-bond acceptors (Lipinski definition) is 6. The first-order valence-electron chi connectivity index (χ1n) is 12.0.